The summed E-state index contributed by atoms with van der Waals surface area (Å²) in [6.07, 6.45) is 2.52. The molecule has 11 nitrogen and oxygen atoms in total. The third kappa shape index (κ3) is 7.72. The highest BCUT2D eigenvalue weighted by Crippen LogP contribution is 2.18. The number of carbonyl (C=O) groups is 4. The van der Waals surface area contributed by atoms with E-state index < -0.39 is 35.9 Å². The Morgan fingerprint density at radius 2 is 1.76 bits per heavy atom. The highest BCUT2D eigenvalue weighted by Gasteiger charge is 2.36. The fraction of sp³-hybridized carbons (Fsp3) is 0.545. The van der Waals surface area contributed by atoms with Crippen molar-refractivity contribution in [1.82, 2.24) is 15.5 Å². The predicted molar refractivity (Wildman–Crippen MR) is 120 cm³/mol. The number of hydrogen-bond donors (Lipinski definition) is 6. The zero-order valence-corrected chi connectivity index (χ0v) is 18.5. The van der Waals surface area contributed by atoms with Crippen molar-refractivity contribution in [2.75, 3.05) is 19.6 Å². The molecule has 1 aliphatic heterocycles. The average Bonchev–Trinajstić information content (AvgIpc) is 3.29. The number of carboxylic acids is 1. The Morgan fingerprint density at radius 1 is 1.06 bits per heavy atom. The Hall–Kier alpha value is -3.18. The number of carbonyl (C=O) groups excluding carboxylic acids is 3. The largest absolute Gasteiger partial charge is 0.508 e. The van der Waals surface area contributed by atoms with Crippen molar-refractivity contribution in [3.05, 3.63) is 29.8 Å². The van der Waals surface area contributed by atoms with Gasteiger partial charge in [-0.3, -0.25) is 14.4 Å². The number of rotatable bonds is 12. The monoisotopic (exact) mass is 463 g/mol. The summed E-state index contributed by atoms with van der Waals surface area (Å²) in [6, 6.07) is 3.19. The second kappa shape index (κ2) is 12.8. The van der Waals surface area contributed by atoms with Crippen molar-refractivity contribution < 1.29 is 29.4 Å². The third-order valence-electron chi connectivity index (χ3n) is 5.62. The molecular formula is C22H33N5O6. The molecule has 1 aromatic carbocycles. The van der Waals surface area contributed by atoms with Crippen LogP contribution in [0.3, 0.4) is 0 Å². The van der Waals surface area contributed by atoms with Gasteiger partial charge in [0.1, 0.15) is 23.9 Å². The first-order chi connectivity index (χ1) is 15.8. The molecule has 3 atom stereocenters. The summed E-state index contributed by atoms with van der Waals surface area (Å²) in [5.74, 6) is -2.62. The Bertz CT molecular complexity index is 831. The van der Waals surface area contributed by atoms with Crippen molar-refractivity contribution in [3.63, 3.8) is 0 Å². The first-order valence-corrected chi connectivity index (χ1v) is 11.1. The number of benzene rings is 1. The molecule has 33 heavy (non-hydrogen) atoms. The van der Waals surface area contributed by atoms with Gasteiger partial charge >= 0.3 is 5.97 Å². The fourth-order valence-electron chi connectivity index (χ4n) is 3.82. The molecule has 1 aromatic rings. The molecule has 0 aromatic heterocycles. The maximum absolute atomic E-state index is 13.0. The van der Waals surface area contributed by atoms with Gasteiger partial charge in [-0.1, -0.05) is 12.1 Å². The van der Waals surface area contributed by atoms with Crippen molar-refractivity contribution in [2.24, 2.45) is 11.5 Å². The number of nitrogens with two attached hydrogens (primary N) is 2. The molecule has 1 aliphatic rings. The van der Waals surface area contributed by atoms with Gasteiger partial charge in [-0.05, 0) is 56.3 Å². The number of aliphatic carboxylic acids is 1. The molecule has 0 radical (unpaired) electrons. The van der Waals surface area contributed by atoms with E-state index in [-0.39, 0.29) is 31.0 Å². The first-order valence-electron chi connectivity index (χ1n) is 11.1. The second-order valence-corrected chi connectivity index (χ2v) is 8.06. The van der Waals surface area contributed by atoms with Crippen molar-refractivity contribution in [2.45, 2.75) is 56.7 Å². The number of phenolic OH excluding ortho intramolecular Hbond substituents is 1. The normalized spacial score (nSPS) is 17.3. The SMILES string of the molecule is NCCCCC(NC(=O)C(Cc1ccc(O)cc1)NC(=O)C1CCCN1C(=O)CN)C(=O)O. The lowest BCUT2D eigenvalue weighted by atomic mass is 10.0. The van der Waals surface area contributed by atoms with Gasteiger partial charge in [0, 0.05) is 13.0 Å². The van der Waals surface area contributed by atoms with Gasteiger partial charge in [0.05, 0.1) is 6.54 Å². The number of likely N-dealkylation sites (tertiary alicyclic amines) is 1. The summed E-state index contributed by atoms with van der Waals surface area (Å²) < 4.78 is 0. The third-order valence-corrected chi connectivity index (χ3v) is 5.62. The second-order valence-electron chi connectivity index (χ2n) is 8.06. The van der Waals surface area contributed by atoms with Gasteiger partial charge in [0.15, 0.2) is 0 Å². The smallest absolute Gasteiger partial charge is 0.326 e. The van der Waals surface area contributed by atoms with Crippen LogP contribution in [0.2, 0.25) is 0 Å². The molecule has 1 fully saturated rings. The summed E-state index contributed by atoms with van der Waals surface area (Å²) in [4.78, 5) is 51.1. The Morgan fingerprint density at radius 3 is 2.36 bits per heavy atom. The molecule has 182 valence electrons. The van der Waals surface area contributed by atoms with Gasteiger partial charge in [0.2, 0.25) is 17.7 Å². The van der Waals surface area contributed by atoms with Crippen LogP contribution in [0.15, 0.2) is 24.3 Å². The maximum Gasteiger partial charge on any atom is 0.326 e. The van der Waals surface area contributed by atoms with Gasteiger partial charge in [-0.15, -0.1) is 0 Å². The lowest BCUT2D eigenvalue weighted by Gasteiger charge is -2.27. The summed E-state index contributed by atoms with van der Waals surface area (Å²) in [5.41, 5.74) is 11.6. The minimum absolute atomic E-state index is 0.0523. The highest BCUT2D eigenvalue weighted by atomic mass is 16.4. The number of phenols is 1. The van der Waals surface area contributed by atoms with E-state index in [0.717, 1.165) is 0 Å². The molecule has 3 amide bonds. The number of aromatic hydroxyl groups is 1. The minimum atomic E-state index is -1.18. The number of nitrogens with one attached hydrogen (secondary N) is 2. The molecule has 2 rings (SSSR count). The Balaban J connectivity index is 2.17. The molecule has 0 bridgehead atoms. The average molecular weight is 464 g/mol. The summed E-state index contributed by atoms with van der Waals surface area (Å²) in [5, 5.41) is 24.2. The van der Waals surface area contributed by atoms with Gasteiger partial charge in [-0.25, -0.2) is 4.79 Å². The highest BCUT2D eigenvalue weighted by molar-refractivity contribution is 5.94. The number of nitrogens with zero attached hydrogens (tertiary/aromatic N) is 1. The van der Waals surface area contributed by atoms with Crippen LogP contribution in [0, 0.1) is 0 Å². The van der Waals surface area contributed by atoms with Gasteiger partial charge in [-0.2, -0.15) is 0 Å². The molecule has 1 heterocycles. The van der Waals surface area contributed by atoms with Crippen LogP contribution in [-0.4, -0.2) is 76.6 Å². The molecule has 0 saturated carbocycles. The molecule has 0 aliphatic carbocycles. The van der Waals surface area contributed by atoms with E-state index in [1.54, 1.807) is 12.1 Å². The van der Waals surface area contributed by atoms with Crippen LogP contribution < -0.4 is 22.1 Å². The molecule has 8 N–H and O–H groups in total. The molecular weight excluding hydrogens is 430 g/mol. The number of carboxylic acid groups (broad SMARTS) is 1. The van der Waals surface area contributed by atoms with E-state index in [1.165, 1.54) is 17.0 Å². The van der Waals surface area contributed by atoms with Crippen LogP contribution in [0.5, 0.6) is 5.75 Å². The first kappa shape index (κ1) is 26.1. The Kier molecular flexibility index (Phi) is 10.1. The minimum Gasteiger partial charge on any atom is -0.508 e. The van der Waals surface area contributed by atoms with Crippen LogP contribution >= 0.6 is 0 Å². The van der Waals surface area contributed by atoms with Gasteiger partial charge < -0.3 is 37.2 Å². The predicted octanol–water partition coefficient (Wildman–Crippen LogP) is -0.932. The molecule has 1 saturated heterocycles. The Labute approximate surface area is 192 Å². The van der Waals surface area contributed by atoms with Crippen LogP contribution in [-0.2, 0) is 25.6 Å². The fourth-order valence-corrected chi connectivity index (χ4v) is 3.82. The van der Waals surface area contributed by atoms with Crippen LogP contribution in [0.4, 0.5) is 0 Å². The molecule has 11 heteroatoms. The van der Waals surface area contributed by atoms with Crippen molar-refractivity contribution in [3.8, 4) is 5.75 Å². The molecule has 3 unspecified atom stereocenters. The molecule has 0 spiro atoms. The lowest BCUT2D eigenvalue weighted by molar-refractivity contribution is -0.143. The van der Waals surface area contributed by atoms with E-state index in [1.807, 2.05) is 0 Å². The van der Waals surface area contributed by atoms with Crippen LogP contribution in [0.25, 0.3) is 0 Å². The number of hydrogen-bond acceptors (Lipinski definition) is 7. The standard InChI is InChI=1S/C22H33N5O6/c23-10-2-1-4-16(22(32)33)25-20(30)17(12-14-6-8-15(28)9-7-14)26-21(31)18-5-3-11-27(18)19(29)13-24/h6-9,16-18,28H,1-5,10-13,23-24H2,(H,25,30)(H,26,31)(H,32,33). The topological polar surface area (TPSA) is 188 Å². The van der Waals surface area contributed by atoms with E-state index in [9.17, 15) is 29.4 Å². The van der Waals surface area contributed by atoms with E-state index in [4.69, 9.17) is 11.5 Å². The van der Waals surface area contributed by atoms with E-state index in [2.05, 4.69) is 10.6 Å². The van der Waals surface area contributed by atoms with Crippen molar-refractivity contribution >= 4 is 23.7 Å². The zero-order valence-electron chi connectivity index (χ0n) is 18.5. The van der Waals surface area contributed by atoms with E-state index in [0.29, 0.717) is 44.3 Å². The summed E-state index contributed by atoms with van der Waals surface area (Å²) >= 11 is 0. The summed E-state index contributed by atoms with van der Waals surface area (Å²) in [7, 11) is 0. The van der Waals surface area contributed by atoms with Gasteiger partial charge in [0.25, 0.3) is 0 Å². The quantitative estimate of drug-likeness (QED) is 0.214. The zero-order chi connectivity index (χ0) is 24.4. The van der Waals surface area contributed by atoms with Crippen molar-refractivity contribution in [1.29, 1.82) is 0 Å². The lowest BCUT2D eigenvalue weighted by Crippen LogP contribution is -2.56. The summed E-state index contributed by atoms with van der Waals surface area (Å²) in [6.45, 7) is 0.606. The number of amides is 3. The van der Waals surface area contributed by atoms with E-state index >= 15 is 0 Å². The number of unbranched alkanes of at least 4 members (excludes halogenated alkanes) is 1. The van der Waals surface area contributed by atoms with Crippen LogP contribution in [0.1, 0.15) is 37.7 Å². The maximum atomic E-state index is 13.0.